The molecule has 27 heavy (non-hydrogen) atoms. The molecule has 1 amide bonds. The van der Waals surface area contributed by atoms with Crippen molar-refractivity contribution in [3.63, 3.8) is 0 Å². The third-order valence-electron chi connectivity index (χ3n) is 4.58. The van der Waals surface area contributed by atoms with E-state index in [1.54, 1.807) is 0 Å². The van der Waals surface area contributed by atoms with Crippen molar-refractivity contribution in [1.29, 1.82) is 0 Å². The molecule has 0 aliphatic rings. The Morgan fingerprint density at radius 2 is 1.44 bits per heavy atom. The van der Waals surface area contributed by atoms with Crippen molar-refractivity contribution in [2.75, 3.05) is 6.54 Å². The molecule has 4 heteroatoms. The second kappa shape index (κ2) is 9.36. The quantitative estimate of drug-likeness (QED) is 0.643. The molecule has 3 N–H and O–H groups in total. The summed E-state index contributed by atoms with van der Waals surface area (Å²) in [6.45, 7) is 2.31. The van der Waals surface area contributed by atoms with Crippen molar-refractivity contribution < 1.29 is 10.1 Å². The van der Waals surface area contributed by atoms with Gasteiger partial charge in [0, 0.05) is 16.1 Å². The Morgan fingerprint density at radius 1 is 0.889 bits per heavy atom. The number of hydrogen-bond donors (Lipinski definition) is 2. The van der Waals surface area contributed by atoms with Gasteiger partial charge in [-0.15, -0.1) is 0 Å². The number of carbonyl (C=O) groups excluding carboxylic acids is 1. The van der Waals surface area contributed by atoms with Crippen LogP contribution in [0.5, 0.6) is 0 Å². The summed E-state index contributed by atoms with van der Waals surface area (Å²) in [4.78, 5) is 12.5. The van der Waals surface area contributed by atoms with Crippen molar-refractivity contribution in [3.8, 4) is 0 Å². The van der Waals surface area contributed by atoms with Crippen molar-refractivity contribution >= 4 is 17.5 Å². The molecule has 0 aliphatic heterocycles. The number of benzene rings is 3. The van der Waals surface area contributed by atoms with Gasteiger partial charge >= 0.3 is 0 Å². The lowest BCUT2D eigenvalue weighted by Gasteiger charge is -2.18. The first-order chi connectivity index (χ1) is 13.1. The molecule has 0 aliphatic carbocycles. The molecule has 0 bridgehead atoms. The van der Waals surface area contributed by atoms with Gasteiger partial charge in [-0.2, -0.15) is 0 Å². The maximum absolute atomic E-state index is 12.5. The van der Waals surface area contributed by atoms with Crippen LogP contribution in [0, 0.1) is 0 Å². The van der Waals surface area contributed by atoms with E-state index >= 15 is 0 Å². The number of carbonyl (C=O) groups is 1. The van der Waals surface area contributed by atoms with Crippen LogP contribution in [0.25, 0.3) is 0 Å². The fourth-order valence-corrected chi connectivity index (χ4v) is 3.37. The molecule has 0 radical (unpaired) electrons. The molecule has 3 rings (SSSR count). The fourth-order valence-electron chi connectivity index (χ4n) is 3.17. The van der Waals surface area contributed by atoms with Crippen LogP contribution in [0.3, 0.4) is 0 Å². The first kappa shape index (κ1) is 19.2. The Bertz CT molecular complexity index is 828. The van der Waals surface area contributed by atoms with Gasteiger partial charge in [0.1, 0.15) is 6.04 Å². The van der Waals surface area contributed by atoms with Gasteiger partial charge in [0.15, 0.2) is 6.54 Å². The van der Waals surface area contributed by atoms with Crippen molar-refractivity contribution in [1.82, 2.24) is 5.32 Å². The van der Waals surface area contributed by atoms with E-state index in [-0.39, 0.29) is 18.0 Å². The van der Waals surface area contributed by atoms with E-state index in [4.69, 9.17) is 11.6 Å². The van der Waals surface area contributed by atoms with Crippen LogP contribution in [0.2, 0.25) is 5.02 Å². The molecule has 0 fully saturated rings. The first-order valence-electron chi connectivity index (χ1n) is 9.11. The second-order valence-electron chi connectivity index (χ2n) is 6.58. The summed E-state index contributed by atoms with van der Waals surface area (Å²) < 4.78 is 0. The fraction of sp³-hybridized carbons (Fsp3) is 0.174. The van der Waals surface area contributed by atoms with Gasteiger partial charge in [-0.05, 0) is 24.6 Å². The molecule has 138 valence electrons. The summed E-state index contributed by atoms with van der Waals surface area (Å²) in [5, 5.41) is 5.80. The zero-order valence-corrected chi connectivity index (χ0v) is 16.1. The summed E-state index contributed by atoms with van der Waals surface area (Å²) in [7, 11) is 0. The summed E-state index contributed by atoms with van der Waals surface area (Å²) in [6.07, 6.45) is 0. The Hall–Kier alpha value is -2.62. The van der Waals surface area contributed by atoms with Crippen LogP contribution in [-0.2, 0) is 4.79 Å². The van der Waals surface area contributed by atoms with Gasteiger partial charge in [0.05, 0.1) is 6.04 Å². The van der Waals surface area contributed by atoms with Crippen molar-refractivity contribution in [2.45, 2.75) is 19.0 Å². The first-order valence-corrected chi connectivity index (χ1v) is 9.49. The average molecular weight is 380 g/mol. The van der Waals surface area contributed by atoms with Gasteiger partial charge in [-0.25, -0.2) is 0 Å². The summed E-state index contributed by atoms with van der Waals surface area (Å²) >= 11 is 6.04. The molecular formula is C23H24ClN2O+. The number of nitrogens with two attached hydrogens (primary N) is 1. The number of halogens is 1. The van der Waals surface area contributed by atoms with Crippen LogP contribution in [-0.4, -0.2) is 12.5 Å². The molecular weight excluding hydrogens is 356 g/mol. The van der Waals surface area contributed by atoms with Crippen molar-refractivity contribution in [2.24, 2.45) is 0 Å². The van der Waals surface area contributed by atoms with Gasteiger partial charge in [-0.1, -0.05) is 84.4 Å². The smallest absolute Gasteiger partial charge is 0.275 e. The number of hydrogen-bond acceptors (Lipinski definition) is 1. The van der Waals surface area contributed by atoms with Crippen LogP contribution in [0.4, 0.5) is 0 Å². The van der Waals surface area contributed by atoms with Gasteiger partial charge in [0.25, 0.3) is 5.91 Å². The molecule has 0 unspecified atom stereocenters. The van der Waals surface area contributed by atoms with E-state index in [9.17, 15) is 4.79 Å². The van der Waals surface area contributed by atoms with Crippen molar-refractivity contribution in [3.05, 3.63) is 107 Å². The monoisotopic (exact) mass is 379 g/mol. The van der Waals surface area contributed by atoms with E-state index < -0.39 is 0 Å². The number of amides is 1. The molecule has 0 aromatic heterocycles. The Labute approximate surface area is 165 Å². The summed E-state index contributed by atoms with van der Waals surface area (Å²) in [6, 6.07) is 28.1. The zero-order chi connectivity index (χ0) is 19.1. The SMILES string of the molecule is C[C@@H](NC(=O)C[NH2+]C(c1ccccc1)c1ccccc1)c1cccc(Cl)c1. The maximum atomic E-state index is 12.5. The molecule has 0 spiro atoms. The third-order valence-corrected chi connectivity index (χ3v) is 4.82. The number of rotatable bonds is 7. The average Bonchev–Trinajstić information content (AvgIpc) is 2.70. The Kier molecular flexibility index (Phi) is 6.64. The van der Waals surface area contributed by atoms with Crippen LogP contribution in [0.1, 0.15) is 35.7 Å². The van der Waals surface area contributed by atoms with Gasteiger partial charge in [0.2, 0.25) is 0 Å². The van der Waals surface area contributed by atoms with Gasteiger partial charge < -0.3 is 10.6 Å². The highest BCUT2D eigenvalue weighted by molar-refractivity contribution is 6.30. The topological polar surface area (TPSA) is 45.7 Å². The molecule has 1 atom stereocenters. The molecule has 3 aromatic rings. The van der Waals surface area contributed by atoms with E-state index in [1.165, 1.54) is 11.1 Å². The lowest BCUT2D eigenvalue weighted by Crippen LogP contribution is -2.87. The van der Waals surface area contributed by atoms with Crippen LogP contribution >= 0.6 is 11.6 Å². The highest BCUT2D eigenvalue weighted by Crippen LogP contribution is 2.18. The Balaban J connectivity index is 1.66. The highest BCUT2D eigenvalue weighted by atomic mass is 35.5. The maximum Gasteiger partial charge on any atom is 0.275 e. The van der Waals surface area contributed by atoms with E-state index in [1.807, 2.05) is 67.6 Å². The highest BCUT2D eigenvalue weighted by Gasteiger charge is 2.19. The molecule has 0 heterocycles. The second-order valence-corrected chi connectivity index (χ2v) is 7.02. The lowest BCUT2D eigenvalue weighted by atomic mass is 9.99. The number of quaternary nitrogens is 1. The third kappa shape index (κ3) is 5.43. The van der Waals surface area contributed by atoms with Gasteiger partial charge in [-0.3, -0.25) is 4.79 Å². The predicted octanol–water partition coefficient (Wildman–Crippen LogP) is 3.87. The summed E-state index contributed by atoms with van der Waals surface area (Å²) in [5.41, 5.74) is 3.36. The predicted molar refractivity (Wildman–Crippen MR) is 110 cm³/mol. The minimum Gasteiger partial charge on any atom is -0.345 e. The van der Waals surface area contributed by atoms with Crippen LogP contribution < -0.4 is 10.6 Å². The van der Waals surface area contributed by atoms with Crippen LogP contribution in [0.15, 0.2) is 84.9 Å². The normalized spacial score (nSPS) is 12.0. The molecule has 3 aromatic carbocycles. The Morgan fingerprint density at radius 3 is 2.00 bits per heavy atom. The van der Waals surface area contributed by atoms with E-state index in [0.29, 0.717) is 11.6 Å². The van der Waals surface area contributed by atoms with E-state index in [0.717, 1.165) is 5.56 Å². The zero-order valence-electron chi connectivity index (χ0n) is 15.3. The largest absolute Gasteiger partial charge is 0.345 e. The minimum absolute atomic E-state index is 0.000613. The van der Waals surface area contributed by atoms with E-state index in [2.05, 4.69) is 34.9 Å². The summed E-state index contributed by atoms with van der Waals surface area (Å²) in [5.74, 6) is -0.000613. The lowest BCUT2D eigenvalue weighted by molar-refractivity contribution is -0.676. The minimum atomic E-state index is -0.0866. The standard InChI is InChI=1S/C23H23ClN2O/c1-17(20-13-8-14-21(24)15-20)26-22(27)16-25-23(18-9-4-2-5-10-18)19-11-6-3-7-12-19/h2-15,17,23,25H,16H2,1H3,(H,26,27)/p+1/t17-/m1/s1. The molecule has 3 nitrogen and oxygen atoms in total. The molecule has 0 saturated carbocycles. The molecule has 0 saturated heterocycles. The number of nitrogens with one attached hydrogen (secondary N) is 1.